The molecule has 3 aromatic carbocycles. The highest BCUT2D eigenvalue weighted by Crippen LogP contribution is 2.46. The molecule has 3 aromatic rings. The van der Waals surface area contributed by atoms with Crippen LogP contribution in [0.2, 0.25) is 0 Å². The first-order chi connectivity index (χ1) is 17.5. The monoisotopic (exact) mass is 512 g/mol. The Kier molecular flexibility index (Phi) is 6.97. The predicted octanol–water partition coefficient (Wildman–Crippen LogP) is 6.25. The van der Waals surface area contributed by atoms with E-state index < -0.39 is 0 Å². The minimum absolute atomic E-state index is 0.0606. The summed E-state index contributed by atoms with van der Waals surface area (Å²) < 4.78 is 0. The Hall–Kier alpha value is -3.75. The van der Waals surface area contributed by atoms with Crippen molar-refractivity contribution in [3.63, 3.8) is 0 Å². The van der Waals surface area contributed by atoms with Gasteiger partial charge in [-0.1, -0.05) is 72.4 Å². The van der Waals surface area contributed by atoms with Gasteiger partial charge in [0.05, 0.1) is 23.0 Å². The van der Waals surface area contributed by atoms with E-state index in [9.17, 15) is 9.59 Å². The van der Waals surface area contributed by atoms with Crippen molar-refractivity contribution in [3.8, 4) is 0 Å². The Balaban J connectivity index is 1.47. The van der Waals surface area contributed by atoms with Gasteiger partial charge in [-0.2, -0.15) is 0 Å². The van der Waals surface area contributed by atoms with Crippen molar-refractivity contribution < 1.29 is 9.59 Å². The molecule has 0 spiro atoms. The Bertz CT molecular complexity index is 1380. The summed E-state index contributed by atoms with van der Waals surface area (Å²) in [5.74, 6) is -0.187. The van der Waals surface area contributed by atoms with E-state index in [4.69, 9.17) is 4.99 Å². The van der Waals surface area contributed by atoms with Crippen molar-refractivity contribution in [2.45, 2.75) is 13.5 Å². The maximum absolute atomic E-state index is 13.7. The Morgan fingerprint density at radius 1 is 0.944 bits per heavy atom. The number of carbonyl (C=O) groups excluding carboxylic acids is 2. The molecule has 2 amide bonds. The summed E-state index contributed by atoms with van der Waals surface area (Å²) >= 11 is 2.95. The Morgan fingerprint density at radius 2 is 1.61 bits per heavy atom. The van der Waals surface area contributed by atoms with Gasteiger partial charge in [-0.05, 0) is 47.2 Å². The van der Waals surface area contributed by atoms with Gasteiger partial charge in [0.1, 0.15) is 4.91 Å². The number of aliphatic imine (C=N–C) groups is 1. The number of hydrogen-bond acceptors (Lipinski definition) is 6. The zero-order valence-electron chi connectivity index (χ0n) is 19.8. The molecule has 0 bridgehead atoms. The van der Waals surface area contributed by atoms with E-state index >= 15 is 0 Å². The molecule has 1 saturated heterocycles. The minimum atomic E-state index is -0.127. The summed E-state index contributed by atoms with van der Waals surface area (Å²) in [4.78, 5) is 34.3. The van der Waals surface area contributed by atoms with Crippen LogP contribution in [0.5, 0.6) is 0 Å². The molecule has 2 aliphatic heterocycles. The number of nitrogens with zero attached hydrogens (tertiary/aromatic N) is 3. The lowest BCUT2D eigenvalue weighted by Gasteiger charge is -2.19. The fourth-order valence-electron chi connectivity index (χ4n) is 3.91. The van der Waals surface area contributed by atoms with Crippen LogP contribution in [0, 0.1) is 0 Å². The molecule has 8 heteroatoms. The first kappa shape index (κ1) is 24.0. The van der Waals surface area contributed by atoms with Crippen LogP contribution in [0.15, 0.2) is 105 Å². The van der Waals surface area contributed by atoms with Crippen LogP contribution < -0.4 is 5.32 Å². The number of hydrogen-bond donors (Lipinski definition) is 1. The molecule has 0 aliphatic carbocycles. The zero-order chi connectivity index (χ0) is 25.1. The summed E-state index contributed by atoms with van der Waals surface area (Å²) in [6.45, 7) is 1.90. The number of anilines is 1. The number of amidine groups is 1. The smallest absolute Gasteiger partial charge is 0.269 e. The van der Waals surface area contributed by atoms with E-state index in [0.717, 1.165) is 21.9 Å². The quantitative estimate of drug-likeness (QED) is 0.409. The number of nitrogens with one attached hydrogen (secondary N) is 1. The van der Waals surface area contributed by atoms with Gasteiger partial charge in [-0.25, -0.2) is 4.99 Å². The van der Waals surface area contributed by atoms with Crippen molar-refractivity contribution >= 4 is 57.6 Å². The summed E-state index contributed by atoms with van der Waals surface area (Å²) in [5.41, 5.74) is 4.60. The second kappa shape index (κ2) is 10.5. The second-order valence-electron chi connectivity index (χ2n) is 8.28. The highest BCUT2D eigenvalue weighted by molar-refractivity contribution is 8.19. The molecule has 0 unspecified atom stereocenters. The average Bonchev–Trinajstić information content (AvgIpc) is 3.40. The average molecular weight is 513 g/mol. The third-order valence-electron chi connectivity index (χ3n) is 5.67. The van der Waals surface area contributed by atoms with Gasteiger partial charge < -0.3 is 10.2 Å². The predicted molar refractivity (Wildman–Crippen MR) is 149 cm³/mol. The molecule has 36 heavy (non-hydrogen) atoms. The molecular formula is C28H24N4O2S2. The van der Waals surface area contributed by atoms with Gasteiger partial charge >= 0.3 is 0 Å². The second-order valence-corrected chi connectivity index (χ2v) is 10.1. The zero-order valence-corrected chi connectivity index (χ0v) is 21.5. The molecule has 2 heterocycles. The molecule has 1 fully saturated rings. The van der Waals surface area contributed by atoms with Gasteiger partial charge in [0.2, 0.25) is 5.91 Å². The number of benzene rings is 3. The Morgan fingerprint density at radius 3 is 2.28 bits per heavy atom. The first-order valence-corrected chi connectivity index (χ1v) is 13.1. The summed E-state index contributed by atoms with van der Waals surface area (Å²) in [6, 6.07) is 27.4. The van der Waals surface area contributed by atoms with E-state index in [1.807, 2.05) is 67.7 Å². The highest BCUT2D eigenvalue weighted by Gasteiger charge is 2.38. The van der Waals surface area contributed by atoms with Gasteiger partial charge in [0, 0.05) is 25.1 Å². The number of carbonyl (C=O) groups is 2. The molecule has 180 valence electrons. The molecule has 2 aliphatic rings. The van der Waals surface area contributed by atoms with Crippen LogP contribution in [-0.2, 0) is 16.1 Å². The molecule has 6 nitrogen and oxygen atoms in total. The van der Waals surface area contributed by atoms with Gasteiger partial charge in [-0.3, -0.25) is 14.5 Å². The molecular weight excluding hydrogens is 488 g/mol. The number of amides is 2. The molecule has 0 saturated carbocycles. The fraction of sp³-hybridized carbons (Fsp3) is 0.107. The van der Waals surface area contributed by atoms with Crippen LogP contribution in [0.1, 0.15) is 18.1 Å². The summed E-state index contributed by atoms with van der Waals surface area (Å²) in [7, 11) is 1.99. The highest BCUT2D eigenvalue weighted by atomic mass is 32.2. The maximum atomic E-state index is 13.7. The van der Waals surface area contributed by atoms with Crippen LogP contribution in [0.25, 0.3) is 5.70 Å². The van der Waals surface area contributed by atoms with Gasteiger partial charge in [0.25, 0.3) is 5.91 Å². The normalized spacial score (nSPS) is 18.7. The SMILES string of the molecule is CC(=O)Nc1ccc(N=C2SC(=C3SC=C(c4ccccc4)N3C)C(=O)N2Cc2ccccc2)cc1. The van der Waals surface area contributed by atoms with Crippen molar-refractivity contribution in [2.75, 3.05) is 12.4 Å². The lowest BCUT2D eigenvalue weighted by molar-refractivity contribution is -0.122. The summed E-state index contributed by atoms with van der Waals surface area (Å²) in [5, 5.41) is 6.37. The number of rotatable bonds is 5. The van der Waals surface area contributed by atoms with E-state index in [1.165, 1.54) is 18.7 Å². The fourth-order valence-corrected chi connectivity index (χ4v) is 6.16. The van der Waals surface area contributed by atoms with Crippen molar-refractivity contribution in [2.24, 2.45) is 4.99 Å². The molecule has 0 atom stereocenters. The standard InChI is InChI=1S/C28H24N4O2S2/c1-19(33)29-22-13-15-23(16-14-22)30-28-32(17-20-9-5-3-6-10-20)26(34)25(36-28)27-31(2)24(18-35-27)21-11-7-4-8-12-21/h3-16,18H,17H2,1-2H3,(H,29,33). The first-order valence-electron chi connectivity index (χ1n) is 11.4. The van der Waals surface area contributed by atoms with Crippen molar-refractivity contribution in [1.82, 2.24) is 9.80 Å². The van der Waals surface area contributed by atoms with Gasteiger partial charge in [-0.15, -0.1) is 0 Å². The molecule has 1 N–H and O–H groups in total. The Labute approximate surface area is 218 Å². The van der Waals surface area contributed by atoms with E-state index in [0.29, 0.717) is 28.0 Å². The van der Waals surface area contributed by atoms with Crippen molar-refractivity contribution in [3.05, 3.63) is 111 Å². The van der Waals surface area contributed by atoms with E-state index in [1.54, 1.807) is 28.8 Å². The van der Waals surface area contributed by atoms with Crippen LogP contribution in [0.3, 0.4) is 0 Å². The molecule has 0 aromatic heterocycles. The summed E-state index contributed by atoms with van der Waals surface area (Å²) in [6.07, 6.45) is 0. The van der Waals surface area contributed by atoms with Crippen LogP contribution >= 0.6 is 23.5 Å². The van der Waals surface area contributed by atoms with Crippen LogP contribution in [-0.4, -0.2) is 33.8 Å². The number of thioether (sulfide) groups is 2. The molecule has 0 radical (unpaired) electrons. The third kappa shape index (κ3) is 5.10. The minimum Gasteiger partial charge on any atom is -0.337 e. The van der Waals surface area contributed by atoms with Crippen LogP contribution in [0.4, 0.5) is 11.4 Å². The maximum Gasteiger partial charge on any atom is 0.269 e. The molecule has 5 rings (SSSR count). The largest absolute Gasteiger partial charge is 0.337 e. The van der Waals surface area contributed by atoms with E-state index in [-0.39, 0.29) is 11.8 Å². The lowest BCUT2D eigenvalue weighted by Crippen LogP contribution is -2.29. The van der Waals surface area contributed by atoms with E-state index in [2.05, 4.69) is 27.8 Å². The van der Waals surface area contributed by atoms with Crippen molar-refractivity contribution in [1.29, 1.82) is 0 Å². The third-order valence-corrected chi connectivity index (χ3v) is 7.91. The van der Waals surface area contributed by atoms with Gasteiger partial charge in [0.15, 0.2) is 5.17 Å². The lowest BCUT2D eigenvalue weighted by atomic mass is 10.1. The topological polar surface area (TPSA) is 65.0 Å².